The second-order valence-electron chi connectivity index (χ2n) is 7.42. The van der Waals surface area contributed by atoms with Crippen LogP contribution in [0.1, 0.15) is 45.5 Å². The minimum Gasteiger partial charge on any atom is -0.451 e. The number of amides is 1. The van der Waals surface area contributed by atoms with Gasteiger partial charge in [-0.3, -0.25) is 4.79 Å². The van der Waals surface area contributed by atoms with Gasteiger partial charge in [-0.15, -0.1) is 0 Å². The molecule has 0 spiro atoms. The molecule has 0 bridgehead atoms. The van der Waals surface area contributed by atoms with Crippen LogP contribution in [-0.4, -0.2) is 40.4 Å². The molecule has 5 rings (SSSR count). The summed E-state index contributed by atoms with van der Waals surface area (Å²) in [7, 11) is 0. The number of carbonyl (C=O) groups excluding carboxylic acids is 1. The van der Waals surface area contributed by atoms with Gasteiger partial charge in [0.15, 0.2) is 5.76 Å². The first-order chi connectivity index (χ1) is 13.2. The van der Waals surface area contributed by atoms with Crippen LogP contribution in [0, 0.1) is 6.92 Å². The third-order valence-corrected chi connectivity index (χ3v) is 5.70. The van der Waals surface area contributed by atoms with Crippen LogP contribution in [0.15, 0.2) is 34.9 Å². The maximum Gasteiger partial charge on any atom is 0.290 e. The van der Waals surface area contributed by atoms with Crippen molar-refractivity contribution in [2.75, 3.05) is 19.6 Å². The number of fused-ring (bicyclic) bond motifs is 2. The molecule has 0 aliphatic carbocycles. The molecule has 6 heteroatoms. The quantitative estimate of drug-likeness (QED) is 0.759. The highest BCUT2D eigenvalue weighted by atomic mass is 16.3. The lowest BCUT2D eigenvalue weighted by atomic mass is 10.0. The largest absolute Gasteiger partial charge is 0.451 e. The molecule has 1 amide bonds. The lowest BCUT2D eigenvalue weighted by Crippen LogP contribution is -2.36. The van der Waals surface area contributed by atoms with Crippen LogP contribution in [0.5, 0.6) is 0 Å². The number of hydrogen-bond acceptors (Lipinski definition) is 5. The van der Waals surface area contributed by atoms with Gasteiger partial charge in [0.2, 0.25) is 0 Å². The molecule has 2 aromatic heterocycles. The molecule has 1 N–H and O–H groups in total. The van der Waals surface area contributed by atoms with Gasteiger partial charge < -0.3 is 14.6 Å². The van der Waals surface area contributed by atoms with Crippen LogP contribution >= 0.6 is 0 Å². The van der Waals surface area contributed by atoms with Gasteiger partial charge >= 0.3 is 0 Å². The molecular weight excluding hydrogens is 340 g/mol. The SMILES string of the molecule is Cc1c(C(=O)N2CCc3nc([C@@H]4CCNC4)ncc3C2)oc2ccccc12. The number of hydrogen-bond donors (Lipinski definition) is 1. The number of aryl methyl sites for hydroxylation is 1. The van der Waals surface area contributed by atoms with Crippen molar-refractivity contribution in [1.82, 2.24) is 20.2 Å². The summed E-state index contributed by atoms with van der Waals surface area (Å²) in [6, 6.07) is 7.78. The van der Waals surface area contributed by atoms with Crippen molar-refractivity contribution in [3.05, 3.63) is 58.9 Å². The third-order valence-electron chi connectivity index (χ3n) is 5.70. The highest BCUT2D eigenvalue weighted by molar-refractivity contribution is 5.99. The summed E-state index contributed by atoms with van der Waals surface area (Å²) in [5, 5.41) is 4.36. The van der Waals surface area contributed by atoms with Crippen molar-refractivity contribution in [2.24, 2.45) is 0 Å². The molecule has 27 heavy (non-hydrogen) atoms. The van der Waals surface area contributed by atoms with E-state index in [2.05, 4.69) is 10.3 Å². The van der Waals surface area contributed by atoms with E-state index in [0.717, 1.165) is 59.5 Å². The van der Waals surface area contributed by atoms with Crippen LogP contribution in [0.25, 0.3) is 11.0 Å². The van der Waals surface area contributed by atoms with Gasteiger partial charge in [-0.1, -0.05) is 18.2 Å². The van der Waals surface area contributed by atoms with Crippen LogP contribution in [-0.2, 0) is 13.0 Å². The zero-order valence-corrected chi connectivity index (χ0v) is 15.4. The second-order valence-corrected chi connectivity index (χ2v) is 7.42. The normalized spacial score (nSPS) is 19.4. The van der Waals surface area contributed by atoms with Gasteiger partial charge in [-0.2, -0.15) is 0 Å². The summed E-state index contributed by atoms with van der Waals surface area (Å²) in [5.41, 5.74) is 3.78. The minimum atomic E-state index is -0.0570. The van der Waals surface area contributed by atoms with Crippen LogP contribution < -0.4 is 5.32 Å². The Labute approximate surface area is 157 Å². The first kappa shape index (κ1) is 16.4. The third kappa shape index (κ3) is 2.80. The van der Waals surface area contributed by atoms with Gasteiger partial charge in [0.25, 0.3) is 5.91 Å². The van der Waals surface area contributed by atoms with Gasteiger partial charge in [0, 0.05) is 54.7 Å². The van der Waals surface area contributed by atoms with Crippen molar-refractivity contribution in [2.45, 2.75) is 32.2 Å². The Bertz CT molecular complexity index is 1020. The molecule has 0 saturated carbocycles. The molecule has 1 aromatic carbocycles. The fourth-order valence-electron chi connectivity index (χ4n) is 4.10. The Balaban J connectivity index is 1.39. The molecular formula is C21H22N4O2. The van der Waals surface area contributed by atoms with Gasteiger partial charge in [0.1, 0.15) is 11.4 Å². The summed E-state index contributed by atoms with van der Waals surface area (Å²) in [6.45, 7) is 5.12. The molecule has 3 aromatic rings. The molecule has 1 fully saturated rings. The molecule has 4 heterocycles. The first-order valence-electron chi connectivity index (χ1n) is 9.53. The predicted octanol–water partition coefficient (Wildman–Crippen LogP) is 2.81. The average molecular weight is 362 g/mol. The zero-order valence-electron chi connectivity index (χ0n) is 15.4. The number of furan rings is 1. The molecule has 2 aliphatic heterocycles. The standard InChI is InChI=1S/C21H22N4O2/c1-13-16-4-2-3-5-18(16)27-19(13)21(26)25-9-7-17-15(12-25)11-23-20(24-17)14-6-8-22-10-14/h2-5,11,14,22H,6-10,12H2,1H3/t14-/m1/s1. The molecule has 0 unspecified atom stereocenters. The first-order valence-corrected chi connectivity index (χ1v) is 9.53. The number of benzene rings is 1. The molecule has 2 aliphatic rings. The van der Waals surface area contributed by atoms with E-state index < -0.39 is 0 Å². The number of aromatic nitrogens is 2. The molecule has 6 nitrogen and oxygen atoms in total. The van der Waals surface area contributed by atoms with Gasteiger partial charge in [-0.25, -0.2) is 9.97 Å². The Morgan fingerprint density at radius 2 is 2.22 bits per heavy atom. The average Bonchev–Trinajstić information content (AvgIpc) is 3.35. The second kappa shape index (κ2) is 6.46. The topological polar surface area (TPSA) is 71.3 Å². The smallest absolute Gasteiger partial charge is 0.290 e. The van der Waals surface area contributed by atoms with E-state index in [9.17, 15) is 4.79 Å². The number of carbonyl (C=O) groups is 1. The Morgan fingerprint density at radius 3 is 3.04 bits per heavy atom. The number of rotatable bonds is 2. The monoisotopic (exact) mass is 362 g/mol. The van der Waals surface area contributed by atoms with E-state index >= 15 is 0 Å². The Morgan fingerprint density at radius 1 is 1.33 bits per heavy atom. The number of nitrogens with one attached hydrogen (secondary N) is 1. The van der Waals surface area contributed by atoms with Crippen LogP contribution in [0.2, 0.25) is 0 Å². The fraction of sp³-hybridized carbons (Fsp3) is 0.381. The maximum atomic E-state index is 13.1. The van der Waals surface area contributed by atoms with Crippen LogP contribution in [0.4, 0.5) is 0 Å². The van der Waals surface area contributed by atoms with E-state index in [1.54, 1.807) is 0 Å². The summed E-state index contributed by atoms with van der Waals surface area (Å²) >= 11 is 0. The highest BCUT2D eigenvalue weighted by Gasteiger charge is 2.28. The lowest BCUT2D eigenvalue weighted by molar-refractivity contribution is 0.0702. The molecule has 1 atom stereocenters. The summed E-state index contributed by atoms with van der Waals surface area (Å²) in [6.07, 6.45) is 3.76. The minimum absolute atomic E-state index is 0.0570. The predicted molar refractivity (Wildman–Crippen MR) is 102 cm³/mol. The highest BCUT2D eigenvalue weighted by Crippen LogP contribution is 2.28. The van der Waals surface area contributed by atoms with E-state index in [0.29, 0.717) is 24.8 Å². The van der Waals surface area contributed by atoms with E-state index in [4.69, 9.17) is 9.40 Å². The van der Waals surface area contributed by atoms with Crippen molar-refractivity contribution >= 4 is 16.9 Å². The van der Waals surface area contributed by atoms with Crippen molar-refractivity contribution < 1.29 is 9.21 Å². The summed E-state index contributed by atoms with van der Waals surface area (Å²) < 4.78 is 5.86. The summed E-state index contributed by atoms with van der Waals surface area (Å²) in [5.74, 6) is 1.73. The molecule has 138 valence electrons. The van der Waals surface area contributed by atoms with Gasteiger partial charge in [0.05, 0.1) is 5.69 Å². The number of nitrogens with zero attached hydrogens (tertiary/aromatic N) is 3. The maximum absolute atomic E-state index is 13.1. The Hall–Kier alpha value is -2.73. The van der Waals surface area contributed by atoms with E-state index in [1.807, 2.05) is 42.3 Å². The van der Waals surface area contributed by atoms with Crippen LogP contribution in [0.3, 0.4) is 0 Å². The Kier molecular flexibility index (Phi) is 3.93. The van der Waals surface area contributed by atoms with Crippen molar-refractivity contribution in [3.63, 3.8) is 0 Å². The van der Waals surface area contributed by atoms with E-state index in [1.165, 1.54) is 0 Å². The molecule has 1 saturated heterocycles. The number of para-hydroxylation sites is 1. The summed E-state index contributed by atoms with van der Waals surface area (Å²) in [4.78, 5) is 24.3. The zero-order chi connectivity index (χ0) is 18.4. The molecule has 0 radical (unpaired) electrons. The van der Waals surface area contributed by atoms with E-state index in [-0.39, 0.29) is 5.91 Å². The van der Waals surface area contributed by atoms with Crippen molar-refractivity contribution in [1.29, 1.82) is 0 Å². The fourth-order valence-corrected chi connectivity index (χ4v) is 4.10. The van der Waals surface area contributed by atoms with Crippen molar-refractivity contribution in [3.8, 4) is 0 Å². The van der Waals surface area contributed by atoms with Gasteiger partial charge in [-0.05, 0) is 26.0 Å². The lowest BCUT2D eigenvalue weighted by Gasteiger charge is -2.28.